The van der Waals surface area contributed by atoms with Crippen molar-refractivity contribution < 1.29 is 14.7 Å². The van der Waals surface area contributed by atoms with Gasteiger partial charge < -0.3 is 15.7 Å². The average Bonchev–Trinajstić information content (AvgIpc) is 2.19. The van der Waals surface area contributed by atoms with Crippen LogP contribution in [0.25, 0.3) is 0 Å². The molecule has 0 aliphatic rings. The highest BCUT2D eigenvalue weighted by molar-refractivity contribution is 5.90. The summed E-state index contributed by atoms with van der Waals surface area (Å²) in [6.45, 7) is 4.91. The molecule has 0 aliphatic heterocycles. The van der Waals surface area contributed by atoms with Crippen molar-refractivity contribution in [3.63, 3.8) is 0 Å². The lowest BCUT2D eigenvalue weighted by molar-refractivity contribution is -0.132. The van der Waals surface area contributed by atoms with Crippen LogP contribution in [0.5, 0.6) is 0 Å². The molecule has 86 valence electrons. The number of carbonyl (C=O) groups excluding carboxylic acids is 1. The van der Waals surface area contributed by atoms with E-state index >= 15 is 0 Å². The number of hydrogen-bond acceptors (Lipinski definition) is 3. The molecule has 0 aromatic heterocycles. The van der Waals surface area contributed by atoms with E-state index in [0.717, 1.165) is 6.08 Å². The van der Waals surface area contributed by atoms with Gasteiger partial charge in [0.1, 0.15) is 0 Å². The highest BCUT2D eigenvalue weighted by atomic mass is 16.4. The Kier molecular flexibility index (Phi) is 11.0. The molecule has 0 fully saturated rings. The second-order valence-corrected chi connectivity index (χ2v) is 2.54. The number of hydrogen-bond donors (Lipinski definition) is 3. The molecule has 5 nitrogen and oxygen atoms in total. The zero-order chi connectivity index (χ0) is 12.3. The van der Waals surface area contributed by atoms with Crippen molar-refractivity contribution in [3.05, 3.63) is 24.4 Å². The Bertz CT molecular complexity index is 247. The lowest BCUT2D eigenvalue weighted by atomic mass is 10.2. The maximum Gasteiger partial charge on any atom is 0.333 e. The molecule has 0 bridgehead atoms. The number of amides is 1. The van der Waals surface area contributed by atoms with Gasteiger partial charge in [-0.2, -0.15) is 0 Å². The van der Waals surface area contributed by atoms with Crippen molar-refractivity contribution in [3.8, 4) is 0 Å². The quantitative estimate of drug-likeness (QED) is 0.595. The third kappa shape index (κ3) is 10.3. The average molecular weight is 214 g/mol. The topological polar surface area (TPSA) is 78.4 Å². The fourth-order valence-corrected chi connectivity index (χ4v) is 0.532. The van der Waals surface area contributed by atoms with E-state index in [-0.39, 0.29) is 5.57 Å². The van der Waals surface area contributed by atoms with Gasteiger partial charge in [0.25, 0.3) is 0 Å². The fraction of sp³-hybridized carbons (Fsp3) is 0.400. The highest BCUT2D eigenvalue weighted by Crippen LogP contribution is 1.97. The summed E-state index contributed by atoms with van der Waals surface area (Å²) < 4.78 is 0. The summed E-state index contributed by atoms with van der Waals surface area (Å²) in [4.78, 5) is 21.0. The van der Waals surface area contributed by atoms with Gasteiger partial charge in [0.2, 0.25) is 5.91 Å². The van der Waals surface area contributed by atoms with E-state index in [4.69, 9.17) is 5.11 Å². The van der Waals surface area contributed by atoms with Gasteiger partial charge in [0, 0.05) is 6.20 Å². The molecule has 15 heavy (non-hydrogen) atoms. The number of aliphatic carboxylic acids is 1. The molecule has 0 heterocycles. The number of rotatable bonds is 4. The summed E-state index contributed by atoms with van der Waals surface area (Å²) >= 11 is 0. The minimum atomic E-state index is -1.03. The van der Waals surface area contributed by atoms with E-state index in [1.165, 1.54) is 6.20 Å². The largest absolute Gasteiger partial charge is 0.478 e. The molecule has 0 aromatic carbocycles. The molecule has 1 amide bonds. The van der Waals surface area contributed by atoms with Crippen LogP contribution in [0.3, 0.4) is 0 Å². The zero-order valence-electron chi connectivity index (χ0n) is 9.33. The number of carboxylic acid groups (broad SMARTS) is 1. The minimum Gasteiger partial charge on any atom is -0.478 e. The van der Waals surface area contributed by atoms with Crippen LogP contribution in [0.15, 0.2) is 24.4 Å². The zero-order valence-corrected chi connectivity index (χ0v) is 9.33. The number of nitrogens with one attached hydrogen (secondary N) is 2. The van der Waals surface area contributed by atoms with Gasteiger partial charge in [-0.3, -0.25) is 4.79 Å². The number of carboxylic acids is 1. The predicted molar refractivity (Wildman–Crippen MR) is 59.3 cm³/mol. The first kappa shape index (κ1) is 15.8. The van der Waals surface area contributed by atoms with Gasteiger partial charge in [-0.15, -0.1) is 0 Å². The van der Waals surface area contributed by atoms with Gasteiger partial charge in [-0.1, -0.05) is 13.5 Å². The van der Waals surface area contributed by atoms with E-state index in [1.54, 1.807) is 6.92 Å². The molecule has 0 saturated heterocycles. The van der Waals surface area contributed by atoms with Crippen molar-refractivity contribution >= 4 is 11.9 Å². The van der Waals surface area contributed by atoms with Crippen LogP contribution < -0.4 is 10.6 Å². The lowest BCUT2D eigenvalue weighted by Crippen LogP contribution is -2.16. The summed E-state index contributed by atoms with van der Waals surface area (Å²) in [7, 11) is 3.75. The number of carbonyl (C=O) groups is 2. The van der Waals surface area contributed by atoms with Gasteiger partial charge in [0.05, 0.1) is 5.57 Å². The van der Waals surface area contributed by atoms with Gasteiger partial charge >= 0.3 is 5.97 Å². The Morgan fingerprint density at radius 1 is 1.40 bits per heavy atom. The van der Waals surface area contributed by atoms with Crippen LogP contribution in [0.1, 0.15) is 13.3 Å². The third-order valence-electron chi connectivity index (χ3n) is 1.23. The first-order chi connectivity index (χ1) is 7.03. The fourth-order valence-electron chi connectivity index (χ4n) is 0.532. The molecule has 0 saturated carbocycles. The highest BCUT2D eigenvalue weighted by Gasteiger charge is 2.03. The monoisotopic (exact) mass is 214 g/mol. The molecule has 0 aliphatic carbocycles. The summed E-state index contributed by atoms with van der Waals surface area (Å²) in [5, 5.41) is 13.5. The predicted octanol–water partition coefficient (Wildman–Crippen LogP) is 0.503. The standard InChI is InChI=1S/C8H11NO3.C2H7N/c1-3-6(8(11)12)5-9-7(10)4-2;1-3-2/h4-5H,2-3H2,1H3,(H,9,10)(H,11,12);3H,1-2H3. The Labute approximate surface area is 89.9 Å². The maximum absolute atomic E-state index is 10.6. The van der Waals surface area contributed by atoms with E-state index < -0.39 is 11.9 Å². The molecule has 0 aromatic rings. The Morgan fingerprint density at radius 2 is 1.87 bits per heavy atom. The molecule has 0 rings (SSSR count). The second-order valence-electron chi connectivity index (χ2n) is 2.54. The first-order valence-electron chi connectivity index (χ1n) is 4.47. The first-order valence-corrected chi connectivity index (χ1v) is 4.47. The molecular formula is C10H18N2O3. The smallest absolute Gasteiger partial charge is 0.333 e. The molecule has 0 unspecified atom stereocenters. The molecule has 3 N–H and O–H groups in total. The van der Waals surface area contributed by atoms with Gasteiger partial charge in [0.15, 0.2) is 0 Å². The Morgan fingerprint density at radius 3 is 2.13 bits per heavy atom. The van der Waals surface area contributed by atoms with Crippen LogP contribution in [0.2, 0.25) is 0 Å². The van der Waals surface area contributed by atoms with Crippen molar-refractivity contribution in [1.29, 1.82) is 0 Å². The van der Waals surface area contributed by atoms with Crippen LogP contribution in [-0.2, 0) is 9.59 Å². The normalized spacial score (nSPS) is 9.67. The maximum atomic E-state index is 10.6. The SMILES string of the molecule is C=CC(=O)NC=C(CC)C(=O)O.CNC. The van der Waals surface area contributed by atoms with E-state index in [1.807, 2.05) is 14.1 Å². The van der Waals surface area contributed by atoms with Crippen molar-refractivity contribution in [2.75, 3.05) is 14.1 Å². The van der Waals surface area contributed by atoms with Gasteiger partial charge in [-0.05, 0) is 26.6 Å². The van der Waals surface area contributed by atoms with E-state index in [2.05, 4.69) is 17.2 Å². The van der Waals surface area contributed by atoms with Crippen LogP contribution in [0, 0.1) is 0 Å². The Balaban J connectivity index is 0. The van der Waals surface area contributed by atoms with Crippen LogP contribution in [-0.4, -0.2) is 31.1 Å². The third-order valence-corrected chi connectivity index (χ3v) is 1.23. The molecule has 0 spiro atoms. The Hall–Kier alpha value is -1.62. The van der Waals surface area contributed by atoms with Crippen molar-refractivity contribution in [2.24, 2.45) is 0 Å². The molecule has 5 heteroatoms. The van der Waals surface area contributed by atoms with E-state index in [9.17, 15) is 9.59 Å². The summed E-state index contributed by atoms with van der Waals surface area (Å²) in [6, 6.07) is 0. The van der Waals surface area contributed by atoms with Crippen LogP contribution in [0.4, 0.5) is 0 Å². The second kappa shape index (κ2) is 10.5. The van der Waals surface area contributed by atoms with Crippen molar-refractivity contribution in [1.82, 2.24) is 10.6 Å². The minimum absolute atomic E-state index is 0.158. The van der Waals surface area contributed by atoms with Gasteiger partial charge in [-0.25, -0.2) is 4.79 Å². The summed E-state index contributed by atoms with van der Waals surface area (Å²) in [6.07, 6.45) is 2.62. The molecule has 0 atom stereocenters. The lowest BCUT2D eigenvalue weighted by Gasteiger charge is -1.97. The van der Waals surface area contributed by atoms with Crippen LogP contribution >= 0.6 is 0 Å². The summed E-state index contributed by atoms with van der Waals surface area (Å²) in [5.74, 6) is -1.44. The van der Waals surface area contributed by atoms with E-state index in [0.29, 0.717) is 6.42 Å². The van der Waals surface area contributed by atoms with Crippen molar-refractivity contribution in [2.45, 2.75) is 13.3 Å². The summed E-state index contributed by atoms with van der Waals surface area (Å²) in [5.41, 5.74) is 0.158. The molecule has 0 radical (unpaired) electrons. The molecular weight excluding hydrogens is 196 g/mol.